The fourth-order valence-electron chi connectivity index (χ4n) is 2.23. The maximum Gasteiger partial charge on any atom is 0.139 e. The lowest BCUT2D eigenvalue weighted by Crippen LogP contribution is -2.36. The topological polar surface area (TPSA) is 22.1 Å². The number of likely N-dealkylation sites (tertiary alicyclic amines) is 1. The molecule has 0 radical (unpaired) electrons. The van der Waals surface area contributed by atoms with Crippen LogP contribution in [0.25, 0.3) is 0 Å². The van der Waals surface area contributed by atoms with Crippen molar-refractivity contribution < 1.29 is 0 Å². The van der Waals surface area contributed by atoms with Gasteiger partial charge >= 0.3 is 0 Å². The summed E-state index contributed by atoms with van der Waals surface area (Å²) in [6.07, 6.45) is 3.71. The van der Waals surface area contributed by atoms with E-state index in [2.05, 4.69) is 44.3 Å². The Balaban J connectivity index is 1.85. The molecule has 6 heteroatoms. The standard InChI is InChI=1S/C9H19N4PS/c1-11-8(6-9(10-11)13(14)15)7-12-4-2-3-5-12/h8,15H,2-7,14H2,1H3. The highest BCUT2D eigenvalue weighted by Gasteiger charge is 2.27. The van der Waals surface area contributed by atoms with Gasteiger partial charge in [-0.05, 0) is 35.3 Å². The van der Waals surface area contributed by atoms with E-state index in [0.29, 0.717) is 6.04 Å². The Morgan fingerprint density at radius 2 is 2.20 bits per heavy atom. The van der Waals surface area contributed by atoms with Crippen LogP contribution in [0.1, 0.15) is 19.3 Å². The summed E-state index contributed by atoms with van der Waals surface area (Å²) >= 11 is 4.25. The van der Waals surface area contributed by atoms with Gasteiger partial charge in [-0.1, -0.05) is 12.8 Å². The van der Waals surface area contributed by atoms with Crippen molar-refractivity contribution in [1.82, 2.24) is 14.0 Å². The molecule has 2 aliphatic heterocycles. The molecule has 86 valence electrons. The van der Waals surface area contributed by atoms with Crippen LogP contribution in [-0.4, -0.2) is 52.5 Å². The summed E-state index contributed by atoms with van der Waals surface area (Å²) in [7, 11) is 4.59. The van der Waals surface area contributed by atoms with Crippen LogP contribution in [0.15, 0.2) is 5.10 Å². The second kappa shape index (κ2) is 4.89. The molecule has 2 atom stereocenters. The lowest BCUT2D eigenvalue weighted by molar-refractivity contribution is 0.205. The highest BCUT2D eigenvalue weighted by molar-refractivity contribution is 7.82. The minimum absolute atomic E-state index is 0.522. The Kier molecular flexibility index (Phi) is 3.75. The fraction of sp³-hybridized carbons (Fsp3) is 0.889. The third-order valence-corrected chi connectivity index (χ3v) is 3.68. The zero-order valence-electron chi connectivity index (χ0n) is 9.13. The first-order chi connectivity index (χ1) is 7.16. The smallest absolute Gasteiger partial charge is 0.139 e. The Bertz CT molecular complexity index is 252. The van der Waals surface area contributed by atoms with Gasteiger partial charge in [0.2, 0.25) is 0 Å². The molecule has 0 amide bonds. The van der Waals surface area contributed by atoms with Crippen LogP contribution in [0.2, 0.25) is 0 Å². The van der Waals surface area contributed by atoms with Gasteiger partial charge in [0.25, 0.3) is 0 Å². The summed E-state index contributed by atoms with van der Waals surface area (Å²) in [6.45, 7) is 3.64. The third-order valence-electron chi connectivity index (χ3n) is 3.15. The lowest BCUT2D eigenvalue weighted by atomic mass is 10.2. The van der Waals surface area contributed by atoms with Gasteiger partial charge in [-0.15, -0.1) is 0 Å². The van der Waals surface area contributed by atoms with Crippen molar-refractivity contribution in [1.29, 1.82) is 0 Å². The highest BCUT2D eigenvalue weighted by Crippen LogP contribution is 2.21. The van der Waals surface area contributed by atoms with Crippen LogP contribution in [0.5, 0.6) is 0 Å². The molecular weight excluding hydrogens is 227 g/mol. The maximum absolute atomic E-state index is 4.46. The molecule has 4 nitrogen and oxygen atoms in total. The minimum Gasteiger partial charge on any atom is -0.301 e. The van der Waals surface area contributed by atoms with Gasteiger partial charge in [0.15, 0.2) is 0 Å². The molecule has 2 rings (SSSR count). The van der Waals surface area contributed by atoms with Crippen molar-refractivity contribution in [2.24, 2.45) is 5.10 Å². The van der Waals surface area contributed by atoms with Gasteiger partial charge < -0.3 is 4.90 Å². The van der Waals surface area contributed by atoms with Gasteiger partial charge in [-0.3, -0.25) is 9.08 Å². The van der Waals surface area contributed by atoms with E-state index in [9.17, 15) is 0 Å². The molecule has 0 bridgehead atoms. The molecule has 15 heavy (non-hydrogen) atoms. The van der Waals surface area contributed by atoms with Crippen LogP contribution in [-0.2, 0) is 0 Å². The summed E-state index contributed by atoms with van der Waals surface area (Å²) < 4.78 is 1.74. The molecule has 1 fully saturated rings. The molecule has 0 aromatic heterocycles. The van der Waals surface area contributed by atoms with Crippen LogP contribution < -0.4 is 0 Å². The largest absolute Gasteiger partial charge is 0.301 e. The number of thiol groups is 1. The van der Waals surface area contributed by atoms with Crippen LogP contribution in [0.3, 0.4) is 0 Å². The van der Waals surface area contributed by atoms with Crippen LogP contribution in [0, 0.1) is 0 Å². The quantitative estimate of drug-likeness (QED) is 0.581. The summed E-state index contributed by atoms with van der Waals surface area (Å²) in [5, 5.41) is 6.53. The first-order valence-corrected chi connectivity index (χ1v) is 6.35. The average molecular weight is 246 g/mol. The van der Waals surface area contributed by atoms with E-state index in [1.54, 1.807) is 4.08 Å². The third kappa shape index (κ3) is 2.77. The molecule has 0 N–H and O–H groups in total. The van der Waals surface area contributed by atoms with Gasteiger partial charge in [0, 0.05) is 20.0 Å². The number of nitrogens with zero attached hydrogens (tertiary/aromatic N) is 4. The van der Waals surface area contributed by atoms with Gasteiger partial charge in [-0.2, -0.15) is 5.10 Å². The van der Waals surface area contributed by atoms with Crippen molar-refractivity contribution in [2.45, 2.75) is 25.3 Å². The van der Waals surface area contributed by atoms with Crippen molar-refractivity contribution in [2.75, 3.05) is 26.7 Å². The Labute approximate surface area is 99.5 Å². The average Bonchev–Trinajstić information content (AvgIpc) is 2.77. The van der Waals surface area contributed by atoms with Crippen molar-refractivity contribution in [3.05, 3.63) is 0 Å². The molecule has 0 aromatic carbocycles. The predicted octanol–water partition coefficient (Wildman–Crippen LogP) is 1.04. The molecule has 2 aliphatic rings. The SMILES string of the molecule is CN1N=C(N(P)S)CC1CN1CCCC1. The maximum atomic E-state index is 4.46. The monoisotopic (exact) mass is 246 g/mol. The fourth-order valence-corrected chi connectivity index (χ4v) is 2.51. The normalized spacial score (nSPS) is 27.3. The minimum atomic E-state index is 0.522. The number of hydrazone groups is 1. The Morgan fingerprint density at radius 1 is 1.53 bits per heavy atom. The molecule has 0 aromatic rings. The van der Waals surface area contributed by atoms with Gasteiger partial charge in [0.05, 0.1) is 6.04 Å². The first kappa shape index (κ1) is 11.5. The van der Waals surface area contributed by atoms with Crippen molar-refractivity contribution in [3.63, 3.8) is 0 Å². The lowest BCUT2D eigenvalue weighted by Gasteiger charge is -2.24. The number of rotatable bonds is 2. The van der Waals surface area contributed by atoms with E-state index in [0.717, 1.165) is 18.8 Å². The molecule has 0 saturated carbocycles. The van der Waals surface area contributed by atoms with E-state index in [4.69, 9.17) is 0 Å². The number of hydrogen-bond donors (Lipinski definition) is 1. The number of hydrogen-bond acceptors (Lipinski definition) is 5. The van der Waals surface area contributed by atoms with Crippen LogP contribution >= 0.6 is 22.2 Å². The van der Waals surface area contributed by atoms with Crippen molar-refractivity contribution in [3.8, 4) is 0 Å². The second-order valence-corrected chi connectivity index (χ2v) is 5.68. The molecule has 0 spiro atoms. The summed E-state index contributed by atoms with van der Waals surface area (Å²) in [5.41, 5.74) is 0. The van der Waals surface area contributed by atoms with E-state index < -0.39 is 0 Å². The van der Waals surface area contributed by atoms with E-state index >= 15 is 0 Å². The zero-order chi connectivity index (χ0) is 10.8. The summed E-state index contributed by atoms with van der Waals surface area (Å²) in [6, 6.07) is 0.522. The predicted molar refractivity (Wildman–Crippen MR) is 69.8 cm³/mol. The zero-order valence-corrected chi connectivity index (χ0v) is 11.2. The Morgan fingerprint density at radius 3 is 2.73 bits per heavy atom. The molecule has 2 heterocycles. The van der Waals surface area contributed by atoms with Crippen molar-refractivity contribution >= 4 is 28.0 Å². The molecule has 0 aliphatic carbocycles. The van der Waals surface area contributed by atoms with E-state index in [1.165, 1.54) is 25.9 Å². The molecular formula is C9H19N4PS. The number of likely N-dealkylation sites (N-methyl/N-ethyl adjacent to an activating group) is 1. The molecule has 2 unspecified atom stereocenters. The van der Waals surface area contributed by atoms with Crippen LogP contribution in [0.4, 0.5) is 0 Å². The van der Waals surface area contributed by atoms with Gasteiger partial charge in [-0.25, -0.2) is 0 Å². The number of amidine groups is 1. The molecule has 1 saturated heterocycles. The van der Waals surface area contributed by atoms with E-state index in [1.807, 2.05) is 0 Å². The van der Waals surface area contributed by atoms with E-state index in [-0.39, 0.29) is 0 Å². The van der Waals surface area contributed by atoms with Gasteiger partial charge in [0.1, 0.15) is 5.84 Å². The highest BCUT2D eigenvalue weighted by atomic mass is 32.1. The second-order valence-electron chi connectivity index (χ2n) is 4.30. The summed E-state index contributed by atoms with van der Waals surface area (Å²) in [5.74, 6) is 1.04. The first-order valence-electron chi connectivity index (χ1n) is 5.43. The summed E-state index contributed by atoms with van der Waals surface area (Å²) in [4.78, 5) is 2.53. The Hall–Kier alpha value is 0.01000.